The summed E-state index contributed by atoms with van der Waals surface area (Å²) in [5, 5.41) is 2.25. The topological polar surface area (TPSA) is 85.7 Å². The molecular weight excluding hydrogens is 504 g/mol. The van der Waals surface area contributed by atoms with E-state index in [9.17, 15) is 19.2 Å². The molecule has 0 bridgehead atoms. The highest BCUT2D eigenvalue weighted by Crippen LogP contribution is 2.54. The van der Waals surface area contributed by atoms with Crippen LogP contribution in [0.2, 0.25) is 5.02 Å². The molecule has 170 valence electrons. The van der Waals surface area contributed by atoms with Crippen molar-refractivity contribution in [2.45, 2.75) is 29.7 Å². The fourth-order valence-corrected chi connectivity index (χ4v) is 8.06. The summed E-state index contributed by atoms with van der Waals surface area (Å²) in [6.45, 7) is 1.67. The second kappa shape index (κ2) is 8.75. The van der Waals surface area contributed by atoms with Crippen LogP contribution < -0.4 is 9.77 Å². The second-order valence-electron chi connectivity index (χ2n) is 7.47. The van der Waals surface area contributed by atoms with Gasteiger partial charge in [0.15, 0.2) is 0 Å². The van der Waals surface area contributed by atoms with Gasteiger partial charge in [0.25, 0.3) is 0 Å². The number of carbonyl (C=O) groups is 3. The van der Waals surface area contributed by atoms with E-state index in [0.29, 0.717) is 20.6 Å². The number of carbonyl (C=O) groups excluding carboxylic acids is 3. The molecule has 0 radical (unpaired) electrons. The number of nitrogens with zero attached hydrogens (tertiary/aromatic N) is 2. The Labute approximate surface area is 205 Å². The number of imide groups is 1. The van der Waals surface area contributed by atoms with E-state index in [1.807, 2.05) is 17.5 Å². The number of aromatic nitrogens is 1. The molecule has 0 spiro atoms. The van der Waals surface area contributed by atoms with Crippen LogP contribution in [0.3, 0.4) is 0 Å². The average Bonchev–Trinajstić information content (AvgIpc) is 3.48. The number of halogens is 1. The summed E-state index contributed by atoms with van der Waals surface area (Å²) >= 11 is 9.66. The molecule has 5 rings (SSSR count). The van der Waals surface area contributed by atoms with Crippen LogP contribution in [-0.4, -0.2) is 34.2 Å². The zero-order chi connectivity index (χ0) is 23.3. The maximum absolute atomic E-state index is 13.6. The monoisotopic (exact) mass is 520 g/mol. The van der Waals surface area contributed by atoms with E-state index in [2.05, 4.69) is 0 Å². The molecule has 0 saturated carbocycles. The standard InChI is InChI=1S/C22H17ClN2O5S3/c1-2-30-14(26)10-24-21-18(33-22(24)29)15(13-4-3-9-31-13)16-17(32-21)20(28)25(19(16)27)12-7-5-11(23)6-8-12/h3-9,15-17H,2,10H2,1H3. The fourth-order valence-electron chi connectivity index (χ4n) is 4.21. The lowest BCUT2D eigenvalue weighted by Gasteiger charge is -2.29. The Morgan fingerprint density at radius 1 is 1.12 bits per heavy atom. The second-order valence-corrected chi connectivity index (χ2v) is 11.0. The third-order valence-electron chi connectivity index (χ3n) is 5.58. The summed E-state index contributed by atoms with van der Waals surface area (Å²) in [5.74, 6) is -2.26. The molecule has 7 nitrogen and oxygen atoms in total. The smallest absolute Gasteiger partial charge is 0.326 e. The quantitative estimate of drug-likeness (QED) is 0.373. The molecule has 0 N–H and O–H groups in total. The SMILES string of the molecule is CCOC(=O)Cn1c2c(sc1=O)C(c1cccs1)C1C(=O)N(c3ccc(Cl)cc3)C(=O)C1S2. The maximum atomic E-state index is 13.6. The van der Waals surface area contributed by atoms with Crippen molar-refractivity contribution in [2.75, 3.05) is 11.5 Å². The number of esters is 1. The van der Waals surface area contributed by atoms with Crippen LogP contribution in [0.5, 0.6) is 0 Å². The molecule has 1 aromatic carbocycles. The van der Waals surface area contributed by atoms with Gasteiger partial charge in [-0.05, 0) is 42.6 Å². The minimum atomic E-state index is -0.713. The number of ether oxygens (including phenoxy) is 1. The molecule has 1 fully saturated rings. The zero-order valence-electron chi connectivity index (χ0n) is 17.2. The number of rotatable bonds is 5. The molecule has 2 aromatic heterocycles. The number of benzene rings is 1. The number of hydrogen-bond acceptors (Lipinski definition) is 8. The molecule has 3 aromatic rings. The van der Waals surface area contributed by atoms with Crippen LogP contribution in [0.4, 0.5) is 5.69 Å². The summed E-state index contributed by atoms with van der Waals surface area (Å²) < 4.78 is 6.39. The summed E-state index contributed by atoms with van der Waals surface area (Å²) in [4.78, 5) is 54.6. The van der Waals surface area contributed by atoms with E-state index < -0.39 is 23.1 Å². The normalized spacial score (nSPS) is 21.8. The molecule has 2 amide bonds. The first kappa shape index (κ1) is 22.4. The van der Waals surface area contributed by atoms with Gasteiger partial charge in [0.05, 0.1) is 23.2 Å². The largest absolute Gasteiger partial charge is 0.465 e. The van der Waals surface area contributed by atoms with E-state index >= 15 is 0 Å². The molecule has 3 unspecified atom stereocenters. The Morgan fingerprint density at radius 2 is 1.88 bits per heavy atom. The van der Waals surface area contributed by atoms with E-state index in [1.165, 1.54) is 32.6 Å². The number of amides is 2. The molecule has 0 aliphatic carbocycles. The number of hydrogen-bond donors (Lipinski definition) is 0. The number of thiazole rings is 1. The van der Waals surface area contributed by atoms with Gasteiger partial charge in [-0.1, -0.05) is 40.8 Å². The van der Waals surface area contributed by atoms with Crippen molar-refractivity contribution in [1.29, 1.82) is 0 Å². The molecule has 2 aliphatic heterocycles. The van der Waals surface area contributed by atoms with Crippen molar-refractivity contribution >= 4 is 69.5 Å². The summed E-state index contributed by atoms with van der Waals surface area (Å²) in [5.41, 5.74) is 0.460. The van der Waals surface area contributed by atoms with Crippen molar-refractivity contribution in [3.8, 4) is 0 Å². The molecule has 33 heavy (non-hydrogen) atoms. The number of thiophene rings is 1. The highest BCUT2D eigenvalue weighted by atomic mass is 35.5. The van der Waals surface area contributed by atoms with Crippen LogP contribution in [-0.2, 0) is 25.7 Å². The van der Waals surface area contributed by atoms with Gasteiger partial charge in [-0.3, -0.25) is 23.7 Å². The Balaban J connectivity index is 1.61. The van der Waals surface area contributed by atoms with Crippen LogP contribution in [0.1, 0.15) is 22.6 Å². The first-order chi connectivity index (χ1) is 15.9. The summed E-state index contributed by atoms with van der Waals surface area (Å²) in [7, 11) is 0. The molecule has 11 heteroatoms. The Morgan fingerprint density at radius 3 is 2.55 bits per heavy atom. The zero-order valence-corrected chi connectivity index (χ0v) is 20.4. The lowest BCUT2D eigenvalue weighted by molar-refractivity contribution is -0.144. The van der Waals surface area contributed by atoms with Gasteiger partial charge in [0, 0.05) is 20.7 Å². The molecule has 3 atom stereocenters. The third-order valence-corrected chi connectivity index (χ3v) is 9.39. The lowest BCUT2D eigenvalue weighted by atomic mass is 9.87. The van der Waals surface area contributed by atoms with Crippen LogP contribution in [0.15, 0.2) is 51.6 Å². The highest BCUT2D eigenvalue weighted by Gasteiger charge is 2.57. The van der Waals surface area contributed by atoms with Crippen molar-refractivity contribution in [3.05, 3.63) is 66.2 Å². The highest BCUT2D eigenvalue weighted by molar-refractivity contribution is 8.00. The number of thioether (sulfide) groups is 1. The Hall–Kier alpha value is -2.40. The fraction of sp³-hybridized carbons (Fsp3) is 0.273. The predicted octanol–water partition coefficient (Wildman–Crippen LogP) is 3.98. The van der Waals surface area contributed by atoms with Crippen molar-refractivity contribution in [2.24, 2.45) is 5.92 Å². The molecular formula is C22H17ClN2O5S3. The number of anilines is 1. The van der Waals surface area contributed by atoms with Gasteiger partial charge >= 0.3 is 10.8 Å². The molecule has 1 saturated heterocycles. The predicted molar refractivity (Wildman–Crippen MR) is 128 cm³/mol. The summed E-state index contributed by atoms with van der Waals surface area (Å²) in [6.07, 6.45) is 0. The minimum absolute atomic E-state index is 0.207. The van der Waals surface area contributed by atoms with Crippen LogP contribution >= 0.6 is 46.0 Å². The van der Waals surface area contributed by atoms with Gasteiger partial charge in [-0.15, -0.1) is 11.3 Å². The van der Waals surface area contributed by atoms with E-state index in [4.69, 9.17) is 16.3 Å². The molecule has 4 heterocycles. The minimum Gasteiger partial charge on any atom is -0.465 e. The first-order valence-electron chi connectivity index (χ1n) is 10.1. The van der Waals surface area contributed by atoms with Crippen molar-refractivity contribution < 1.29 is 19.1 Å². The first-order valence-corrected chi connectivity index (χ1v) is 13.1. The average molecular weight is 521 g/mol. The van der Waals surface area contributed by atoms with Gasteiger partial charge in [-0.25, -0.2) is 4.90 Å². The summed E-state index contributed by atoms with van der Waals surface area (Å²) in [6, 6.07) is 10.4. The van der Waals surface area contributed by atoms with Crippen molar-refractivity contribution in [3.63, 3.8) is 0 Å². The number of fused-ring (bicyclic) bond motifs is 2. The van der Waals surface area contributed by atoms with E-state index in [0.717, 1.165) is 16.2 Å². The third kappa shape index (κ3) is 3.74. The van der Waals surface area contributed by atoms with Gasteiger partial charge in [0.1, 0.15) is 11.8 Å². The Bertz CT molecular complexity index is 1300. The van der Waals surface area contributed by atoms with Gasteiger partial charge < -0.3 is 4.74 Å². The van der Waals surface area contributed by atoms with E-state index in [-0.39, 0.29) is 29.8 Å². The Kier molecular flexibility index (Phi) is 5.94. The molecule has 2 aliphatic rings. The van der Waals surface area contributed by atoms with Crippen LogP contribution in [0, 0.1) is 5.92 Å². The lowest BCUT2D eigenvalue weighted by Crippen LogP contribution is -2.32. The van der Waals surface area contributed by atoms with Crippen LogP contribution in [0.25, 0.3) is 0 Å². The van der Waals surface area contributed by atoms with Crippen molar-refractivity contribution in [1.82, 2.24) is 4.57 Å². The van der Waals surface area contributed by atoms with Gasteiger partial charge in [0.2, 0.25) is 11.8 Å². The van der Waals surface area contributed by atoms with E-state index in [1.54, 1.807) is 31.2 Å². The van der Waals surface area contributed by atoms with Gasteiger partial charge in [-0.2, -0.15) is 0 Å². The maximum Gasteiger partial charge on any atom is 0.326 e.